The number of nitrogens with zero attached hydrogens (tertiary/aromatic N) is 3. The third-order valence-electron chi connectivity index (χ3n) is 7.61. The molecular weight excluding hydrogens is 448 g/mol. The molecule has 3 amide bonds. The van der Waals surface area contributed by atoms with Gasteiger partial charge in [0.2, 0.25) is 11.8 Å². The summed E-state index contributed by atoms with van der Waals surface area (Å²) in [6, 6.07) is 9.05. The average Bonchev–Trinajstić information content (AvgIpc) is 3.48. The number of rotatable bonds is 2. The van der Waals surface area contributed by atoms with E-state index >= 15 is 0 Å². The number of imide groups is 1. The molecule has 0 aliphatic carbocycles. The van der Waals surface area contributed by atoms with Crippen LogP contribution in [0.2, 0.25) is 5.02 Å². The van der Waals surface area contributed by atoms with Gasteiger partial charge in [-0.25, -0.2) is 4.90 Å². The molecule has 1 N–H and O–H groups in total. The van der Waals surface area contributed by atoms with E-state index in [9.17, 15) is 24.5 Å². The highest BCUT2D eigenvalue weighted by Gasteiger charge is 2.74. The molecule has 168 valence electrons. The van der Waals surface area contributed by atoms with E-state index < -0.39 is 28.2 Å². The van der Waals surface area contributed by atoms with Crippen LogP contribution in [0.4, 0.5) is 17.1 Å². The number of amides is 3. The molecule has 2 aromatic rings. The van der Waals surface area contributed by atoms with Crippen molar-refractivity contribution in [1.29, 1.82) is 0 Å². The Labute approximate surface area is 193 Å². The van der Waals surface area contributed by atoms with Crippen LogP contribution in [-0.4, -0.2) is 40.1 Å². The number of nitro groups is 1. The van der Waals surface area contributed by atoms with E-state index in [1.54, 1.807) is 25.1 Å². The molecule has 0 aromatic heterocycles. The molecule has 4 atom stereocenters. The Kier molecular flexibility index (Phi) is 4.07. The number of nitro benzene ring substituents is 1. The second-order valence-electron chi connectivity index (χ2n) is 9.03. The highest BCUT2D eigenvalue weighted by molar-refractivity contribution is 6.35. The lowest BCUT2D eigenvalue weighted by molar-refractivity contribution is -0.384. The number of hydrogen-bond donors (Lipinski definition) is 1. The third kappa shape index (κ3) is 2.33. The SMILES string of the molecule is Cc1cc([N+](=O)[O-])ccc1N1C(=O)[C@@H]2[C@@H]3CCCN3[C@@]3(C(=O)Nc4c(Cl)cccc43)[C@H]2C1=O. The molecule has 9 nitrogen and oxygen atoms in total. The molecule has 10 heteroatoms. The first-order valence-electron chi connectivity index (χ1n) is 10.8. The van der Waals surface area contributed by atoms with Crippen molar-refractivity contribution in [3.8, 4) is 0 Å². The Morgan fingerprint density at radius 3 is 2.70 bits per heavy atom. The predicted molar refractivity (Wildman–Crippen MR) is 119 cm³/mol. The van der Waals surface area contributed by atoms with Crippen molar-refractivity contribution in [2.75, 3.05) is 16.8 Å². The molecule has 6 rings (SSSR count). The highest BCUT2D eigenvalue weighted by atomic mass is 35.5. The van der Waals surface area contributed by atoms with Crippen LogP contribution in [-0.2, 0) is 19.9 Å². The number of anilines is 2. The summed E-state index contributed by atoms with van der Waals surface area (Å²) in [5, 5.41) is 14.4. The summed E-state index contributed by atoms with van der Waals surface area (Å²) in [5.74, 6) is -2.73. The fourth-order valence-electron chi connectivity index (χ4n) is 6.44. The number of carbonyl (C=O) groups is 3. The zero-order chi connectivity index (χ0) is 23.2. The minimum absolute atomic E-state index is 0.118. The van der Waals surface area contributed by atoms with Crippen LogP contribution in [0.15, 0.2) is 36.4 Å². The van der Waals surface area contributed by atoms with Crippen LogP contribution in [0.1, 0.15) is 24.0 Å². The van der Waals surface area contributed by atoms with E-state index in [2.05, 4.69) is 5.32 Å². The molecule has 1 spiro atoms. The van der Waals surface area contributed by atoms with Gasteiger partial charge in [-0.05, 0) is 44.0 Å². The fraction of sp³-hybridized carbons (Fsp3) is 0.348. The lowest BCUT2D eigenvalue weighted by Crippen LogP contribution is -2.54. The Morgan fingerprint density at radius 1 is 1.18 bits per heavy atom. The van der Waals surface area contributed by atoms with Crippen LogP contribution < -0.4 is 10.2 Å². The lowest BCUT2D eigenvalue weighted by atomic mass is 9.75. The lowest BCUT2D eigenvalue weighted by Gasteiger charge is -2.36. The number of hydrogen-bond acceptors (Lipinski definition) is 6. The molecule has 0 saturated carbocycles. The number of halogens is 1. The van der Waals surface area contributed by atoms with E-state index in [4.69, 9.17) is 11.6 Å². The highest BCUT2D eigenvalue weighted by Crippen LogP contribution is 2.61. The number of nitrogens with one attached hydrogen (secondary N) is 1. The molecule has 4 aliphatic heterocycles. The molecule has 4 aliphatic rings. The minimum atomic E-state index is -1.30. The van der Waals surface area contributed by atoms with Crippen LogP contribution in [0, 0.1) is 28.9 Å². The van der Waals surface area contributed by atoms with Crippen LogP contribution in [0.3, 0.4) is 0 Å². The number of para-hydroxylation sites is 1. The fourth-order valence-corrected chi connectivity index (χ4v) is 6.66. The first-order chi connectivity index (χ1) is 15.8. The number of aryl methyl sites for hydroxylation is 1. The largest absolute Gasteiger partial charge is 0.323 e. The zero-order valence-electron chi connectivity index (χ0n) is 17.6. The van der Waals surface area contributed by atoms with Crippen molar-refractivity contribution in [2.45, 2.75) is 31.3 Å². The summed E-state index contributed by atoms with van der Waals surface area (Å²) < 4.78 is 0. The maximum absolute atomic E-state index is 13.9. The summed E-state index contributed by atoms with van der Waals surface area (Å²) in [6.45, 7) is 2.24. The Bertz CT molecular complexity index is 1300. The monoisotopic (exact) mass is 466 g/mol. The Morgan fingerprint density at radius 2 is 1.97 bits per heavy atom. The van der Waals surface area contributed by atoms with Gasteiger partial charge in [0.15, 0.2) is 0 Å². The molecule has 0 radical (unpaired) electrons. The van der Waals surface area contributed by atoms with E-state index in [1.165, 1.54) is 18.2 Å². The number of non-ortho nitro benzene ring substituents is 1. The second-order valence-corrected chi connectivity index (χ2v) is 9.44. The third-order valence-corrected chi connectivity index (χ3v) is 7.92. The van der Waals surface area contributed by atoms with E-state index in [0.717, 1.165) is 11.3 Å². The Hall–Kier alpha value is -3.30. The van der Waals surface area contributed by atoms with Crippen molar-refractivity contribution in [2.24, 2.45) is 11.8 Å². The van der Waals surface area contributed by atoms with E-state index in [-0.39, 0.29) is 23.5 Å². The van der Waals surface area contributed by atoms with Gasteiger partial charge in [-0.3, -0.25) is 29.4 Å². The van der Waals surface area contributed by atoms with Crippen LogP contribution >= 0.6 is 11.6 Å². The van der Waals surface area contributed by atoms with Gasteiger partial charge in [0, 0.05) is 23.7 Å². The normalized spacial score (nSPS) is 30.1. The van der Waals surface area contributed by atoms with E-state index in [0.29, 0.717) is 40.5 Å². The standard InChI is InChI=1S/C23H19ClN4O5/c1-11-10-12(28(32)33)7-8-15(11)27-20(29)17-16-6-3-9-26(16)23(18(17)21(27)30)13-4-2-5-14(24)19(13)25-22(23)31/h2,4-5,7-8,10,16-18H,3,6,9H2,1H3,(H,25,31)/t16-,17+,18+,23+/m0/s1. The van der Waals surface area contributed by atoms with E-state index in [1.807, 2.05) is 4.90 Å². The zero-order valence-corrected chi connectivity index (χ0v) is 18.3. The Balaban J connectivity index is 1.53. The first-order valence-corrected chi connectivity index (χ1v) is 11.2. The summed E-state index contributed by atoms with van der Waals surface area (Å²) in [5.41, 5.74) is 0.454. The molecule has 33 heavy (non-hydrogen) atoms. The summed E-state index contributed by atoms with van der Waals surface area (Å²) in [4.78, 5) is 55.0. The molecule has 3 fully saturated rings. The summed E-state index contributed by atoms with van der Waals surface area (Å²) in [7, 11) is 0. The predicted octanol–water partition coefficient (Wildman–Crippen LogP) is 2.99. The van der Waals surface area contributed by atoms with Crippen LogP contribution in [0.25, 0.3) is 0 Å². The summed E-state index contributed by atoms with van der Waals surface area (Å²) in [6.07, 6.45) is 1.52. The van der Waals surface area contributed by atoms with Crippen LogP contribution in [0.5, 0.6) is 0 Å². The van der Waals surface area contributed by atoms with Gasteiger partial charge in [-0.1, -0.05) is 23.7 Å². The van der Waals surface area contributed by atoms with Gasteiger partial charge in [0.25, 0.3) is 11.6 Å². The average molecular weight is 467 g/mol. The molecular formula is C23H19ClN4O5. The molecule has 4 heterocycles. The minimum Gasteiger partial charge on any atom is -0.323 e. The molecule has 3 saturated heterocycles. The molecule has 2 aromatic carbocycles. The smallest absolute Gasteiger partial charge is 0.269 e. The topological polar surface area (TPSA) is 113 Å². The quantitative estimate of drug-likeness (QED) is 0.413. The van der Waals surface area contributed by atoms with Gasteiger partial charge >= 0.3 is 0 Å². The summed E-state index contributed by atoms with van der Waals surface area (Å²) >= 11 is 6.38. The van der Waals surface area contributed by atoms with Gasteiger partial charge in [-0.2, -0.15) is 0 Å². The molecule has 0 bridgehead atoms. The maximum Gasteiger partial charge on any atom is 0.269 e. The first kappa shape index (κ1) is 20.3. The number of carbonyl (C=O) groups excluding carboxylic acids is 3. The molecule has 0 unspecified atom stereocenters. The van der Waals surface area contributed by atoms with Crippen molar-refractivity contribution in [3.63, 3.8) is 0 Å². The maximum atomic E-state index is 13.9. The van der Waals surface area contributed by atoms with Crippen molar-refractivity contribution >= 4 is 46.4 Å². The van der Waals surface area contributed by atoms with Gasteiger partial charge < -0.3 is 5.32 Å². The van der Waals surface area contributed by atoms with Gasteiger partial charge in [-0.15, -0.1) is 0 Å². The van der Waals surface area contributed by atoms with Gasteiger partial charge in [0.1, 0.15) is 5.54 Å². The van der Waals surface area contributed by atoms with Gasteiger partial charge in [0.05, 0.1) is 33.2 Å². The van der Waals surface area contributed by atoms with Crippen molar-refractivity contribution in [1.82, 2.24) is 4.90 Å². The second kappa shape index (κ2) is 6.61. The number of fused-ring (bicyclic) bond motifs is 7. The van der Waals surface area contributed by atoms with Crippen molar-refractivity contribution in [3.05, 3.63) is 62.7 Å². The van der Waals surface area contributed by atoms with Crippen molar-refractivity contribution < 1.29 is 19.3 Å². The number of benzene rings is 2.